The molecule has 0 saturated heterocycles. The Morgan fingerprint density at radius 2 is 2.07 bits per heavy atom. The Balaban J connectivity index is 1.59. The summed E-state index contributed by atoms with van der Waals surface area (Å²) in [4.78, 5) is 13.0. The molecule has 6 nitrogen and oxygen atoms in total. The number of amides is 1. The van der Waals surface area contributed by atoms with Crippen LogP contribution in [0.4, 0.5) is 0 Å². The second-order valence-corrected chi connectivity index (χ2v) is 6.69. The number of nitrogens with one attached hydrogen (secondary N) is 1. The SMILES string of the molecule is COc1ccc(SCC(=O)NN=Cc2cn(CC#N)c3ccccc23)cc1. The standard InChI is InChI=1S/C20H18N4O2S/c1-26-16-6-8-17(9-7-16)27-14-20(25)23-22-12-15-13-24(11-10-21)19-5-3-2-4-18(15)19/h2-9,12-13H,11,14H2,1H3,(H,23,25). The summed E-state index contributed by atoms with van der Waals surface area (Å²) in [5, 5.41) is 14.0. The predicted octanol–water partition coefficient (Wildman–Crippen LogP) is 3.42. The molecule has 1 amide bonds. The number of carbonyl (C=O) groups excluding carboxylic acids is 1. The first kappa shape index (κ1) is 18.5. The summed E-state index contributed by atoms with van der Waals surface area (Å²) in [7, 11) is 1.62. The number of rotatable bonds is 7. The number of nitriles is 1. The van der Waals surface area contributed by atoms with Crippen molar-refractivity contribution >= 4 is 34.8 Å². The Bertz CT molecular complexity index is 1000. The zero-order valence-electron chi connectivity index (χ0n) is 14.8. The summed E-state index contributed by atoms with van der Waals surface area (Å²) in [6.07, 6.45) is 3.46. The summed E-state index contributed by atoms with van der Waals surface area (Å²) < 4.78 is 6.97. The van der Waals surface area contributed by atoms with Gasteiger partial charge in [-0.3, -0.25) is 4.79 Å². The first-order valence-corrected chi connectivity index (χ1v) is 9.23. The molecule has 7 heteroatoms. The quantitative estimate of drug-likeness (QED) is 0.388. The van der Waals surface area contributed by atoms with Gasteiger partial charge in [-0.2, -0.15) is 10.4 Å². The Morgan fingerprint density at radius 1 is 1.30 bits per heavy atom. The van der Waals surface area contributed by atoms with Crippen LogP contribution in [-0.2, 0) is 11.3 Å². The predicted molar refractivity (Wildman–Crippen MR) is 107 cm³/mol. The first-order valence-electron chi connectivity index (χ1n) is 8.25. The lowest BCUT2D eigenvalue weighted by molar-refractivity contribution is -0.118. The Hall–Kier alpha value is -3.24. The lowest BCUT2D eigenvalue weighted by Gasteiger charge is -2.02. The molecule has 0 fully saturated rings. The smallest absolute Gasteiger partial charge is 0.250 e. The van der Waals surface area contributed by atoms with Crippen molar-refractivity contribution < 1.29 is 9.53 Å². The number of ether oxygens (including phenoxy) is 1. The molecule has 0 atom stereocenters. The van der Waals surface area contributed by atoms with E-state index in [4.69, 9.17) is 10.00 Å². The average Bonchev–Trinajstić information content (AvgIpc) is 3.05. The van der Waals surface area contributed by atoms with E-state index in [0.717, 1.165) is 27.1 Å². The van der Waals surface area contributed by atoms with E-state index in [1.165, 1.54) is 11.8 Å². The van der Waals surface area contributed by atoms with Gasteiger partial charge in [-0.1, -0.05) is 18.2 Å². The van der Waals surface area contributed by atoms with Gasteiger partial charge in [-0.05, 0) is 30.3 Å². The van der Waals surface area contributed by atoms with Gasteiger partial charge in [0, 0.05) is 27.6 Å². The lowest BCUT2D eigenvalue weighted by Crippen LogP contribution is -2.19. The number of aromatic nitrogens is 1. The van der Waals surface area contributed by atoms with Crippen LogP contribution >= 0.6 is 11.8 Å². The molecule has 0 aliphatic heterocycles. The van der Waals surface area contributed by atoms with Crippen molar-refractivity contribution in [3.63, 3.8) is 0 Å². The highest BCUT2D eigenvalue weighted by Gasteiger charge is 2.06. The molecule has 0 spiro atoms. The van der Waals surface area contributed by atoms with Gasteiger partial charge in [0.05, 0.1) is 25.1 Å². The molecule has 1 N–H and O–H groups in total. The van der Waals surface area contributed by atoms with Crippen molar-refractivity contribution in [2.24, 2.45) is 5.10 Å². The fourth-order valence-corrected chi connectivity index (χ4v) is 3.30. The Kier molecular flexibility index (Phi) is 6.13. The van der Waals surface area contributed by atoms with Crippen molar-refractivity contribution in [1.29, 1.82) is 5.26 Å². The highest BCUT2D eigenvalue weighted by molar-refractivity contribution is 8.00. The van der Waals surface area contributed by atoms with Crippen LogP contribution in [0.25, 0.3) is 10.9 Å². The van der Waals surface area contributed by atoms with Crippen LogP contribution in [0.3, 0.4) is 0 Å². The number of methoxy groups -OCH3 is 1. The third-order valence-electron chi connectivity index (χ3n) is 3.88. The molecule has 1 aromatic heterocycles. The molecule has 0 aliphatic carbocycles. The van der Waals surface area contributed by atoms with Crippen molar-refractivity contribution in [2.75, 3.05) is 12.9 Å². The number of nitrogens with zero attached hydrogens (tertiary/aromatic N) is 3. The molecular formula is C20H18N4O2S. The molecule has 0 saturated carbocycles. The first-order chi connectivity index (χ1) is 13.2. The zero-order valence-corrected chi connectivity index (χ0v) is 15.6. The van der Waals surface area contributed by atoms with Gasteiger partial charge in [0.15, 0.2) is 0 Å². The van der Waals surface area contributed by atoms with Crippen molar-refractivity contribution in [1.82, 2.24) is 9.99 Å². The topological polar surface area (TPSA) is 79.4 Å². The van der Waals surface area contributed by atoms with E-state index in [1.807, 2.05) is 59.3 Å². The molecular weight excluding hydrogens is 360 g/mol. The fraction of sp³-hybridized carbons (Fsp3) is 0.150. The Morgan fingerprint density at radius 3 is 2.81 bits per heavy atom. The number of para-hydroxylation sites is 1. The second-order valence-electron chi connectivity index (χ2n) is 5.64. The maximum Gasteiger partial charge on any atom is 0.250 e. The molecule has 1 heterocycles. The van der Waals surface area contributed by atoms with Gasteiger partial charge < -0.3 is 9.30 Å². The molecule has 3 aromatic rings. The molecule has 0 unspecified atom stereocenters. The number of carbonyl (C=O) groups is 1. The van der Waals surface area contributed by atoms with Crippen LogP contribution in [0, 0.1) is 11.3 Å². The minimum absolute atomic E-state index is 0.187. The number of hydrogen-bond donors (Lipinski definition) is 1. The van der Waals surface area contributed by atoms with Crippen molar-refractivity contribution in [3.05, 3.63) is 60.3 Å². The van der Waals surface area contributed by atoms with Gasteiger partial charge >= 0.3 is 0 Å². The molecule has 0 aliphatic rings. The molecule has 27 heavy (non-hydrogen) atoms. The van der Waals surface area contributed by atoms with E-state index in [0.29, 0.717) is 0 Å². The summed E-state index contributed by atoms with van der Waals surface area (Å²) in [5.41, 5.74) is 4.35. The maximum atomic E-state index is 12.0. The van der Waals surface area contributed by atoms with Crippen LogP contribution in [0.15, 0.2) is 64.7 Å². The number of benzene rings is 2. The number of hydrogen-bond acceptors (Lipinski definition) is 5. The van der Waals surface area contributed by atoms with Crippen LogP contribution in [0.2, 0.25) is 0 Å². The summed E-state index contributed by atoms with van der Waals surface area (Å²) >= 11 is 1.43. The zero-order chi connectivity index (χ0) is 19.1. The lowest BCUT2D eigenvalue weighted by atomic mass is 10.2. The maximum absolute atomic E-state index is 12.0. The van der Waals surface area contributed by atoms with Gasteiger partial charge in [0.1, 0.15) is 12.3 Å². The highest BCUT2D eigenvalue weighted by Crippen LogP contribution is 2.21. The minimum Gasteiger partial charge on any atom is -0.497 e. The van der Waals surface area contributed by atoms with Gasteiger partial charge in [-0.25, -0.2) is 5.43 Å². The fourth-order valence-electron chi connectivity index (χ4n) is 2.61. The van der Waals surface area contributed by atoms with Crippen molar-refractivity contribution in [2.45, 2.75) is 11.4 Å². The van der Waals surface area contributed by atoms with Gasteiger partial charge in [0.25, 0.3) is 0 Å². The summed E-state index contributed by atoms with van der Waals surface area (Å²) in [6, 6.07) is 17.4. The summed E-state index contributed by atoms with van der Waals surface area (Å²) in [5.74, 6) is 0.858. The number of thioether (sulfide) groups is 1. The third kappa shape index (κ3) is 4.68. The average molecular weight is 378 g/mol. The molecule has 0 bridgehead atoms. The van der Waals surface area contributed by atoms with E-state index in [1.54, 1.807) is 13.3 Å². The molecule has 3 rings (SSSR count). The van der Waals surface area contributed by atoms with E-state index in [2.05, 4.69) is 16.6 Å². The monoisotopic (exact) mass is 378 g/mol. The van der Waals surface area contributed by atoms with Crippen LogP contribution in [0.1, 0.15) is 5.56 Å². The highest BCUT2D eigenvalue weighted by atomic mass is 32.2. The van der Waals surface area contributed by atoms with Crippen LogP contribution < -0.4 is 10.2 Å². The second kappa shape index (κ2) is 8.92. The van der Waals surface area contributed by atoms with E-state index in [-0.39, 0.29) is 18.2 Å². The number of hydrazone groups is 1. The third-order valence-corrected chi connectivity index (χ3v) is 4.89. The van der Waals surface area contributed by atoms with E-state index in [9.17, 15) is 4.79 Å². The van der Waals surface area contributed by atoms with Gasteiger partial charge in [0.2, 0.25) is 5.91 Å². The van der Waals surface area contributed by atoms with E-state index >= 15 is 0 Å². The minimum atomic E-state index is -0.187. The van der Waals surface area contributed by atoms with E-state index < -0.39 is 0 Å². The summed E-state index contributed by atoms with van der Waals surface area (Å²) in [6.45, 7) is 0.263. The van der Waals surface area contributed by atoms with Gasteiger partial charge in [-0.15, -0.1) is 11.8 Å². The molecule has 2 aromatic carbocycles. The largest absolute Gasteiger partial charge is 0.497 e. The molecule has 136 valence electrons. The molecule has 0 radical (unpaired) electrons. The number of fused-ring (bicyclic) bond motifs is 1. The van der Waals surface area contributed by atoms with Crippen molar-refractivity contribution in [3.8, 4) is 11.8 Å². The van der Waals surface area contributed by atoms with Crippen LogP contribution in [-0.4, -0.2) is 29.6 Å². The Labute approximate surface area is 161 Å². The normalized spacial score (nSPS) is 10.8. The van der Waals surface area contributed by atoms with Crippen LogP contribution in [0.5, 0.6) is 5.75 Å².